The number of hydrogen-bond acceptors (Lipinski definition) is 4. The molecule has 6 N–H and O–H groups in total. The van der Waals surface area contributed by atoms with E-state index in [2.05, 4.69) is 0 Å². The van der Waals surface area contributed by atoms with Gasteiger partial charge >= 0.3 is 11.9 Å². The second kappa shape index (κ2) is 9.79. The van der Waals surface area contributed by atoms with E-state index >= 15 is 0 Å². The predicted molar refractivity (Wildman–Crippen MR) is 84.3 cm³/mol. The summed E-state index contributed by atoms with van der Waals surface area (Å²) in [6.07, 6.45) is 7.24. The first kappa shape index (κ1) is 18.9. The van der Waals surface area contributed by atoms with Crippen LogP contribution in [0.4, 0.5) is 0 Å². The van der Waals surface area contributed by atoms with Crippen molar-refractivity contribution < 1.29 is 19.8 Å². The monoisotopic (exact) mass is 314 g/mol. The number of hydrogen-bond donors (Lipinski definition) is 4. The SMILES string of the molecule is NC[C@H]1CC[C@H](C(=O)O)CC1.NC[C@H]1CC[C@H](C(=O)O)CC1. The highest BCUT2D eigenvalue weighted by atomic mass is 16.4. The fraction of sp³-hybridized carbons (Fsp3) is 0.875. The van der Waals surface area contributed by atoms with E-state index in [4.69, 9.17) is 21.7 Å². The maximum Gasteiger partial charge on any atom is 0.306 e. The topological polar surface area (TPSA) is 127 Å². The van der Waals surface area contributed by atoms with Gasteiger partial charge in [0.1, 0.15) is 0 Å². The number of nitrogens with two attached hydrogens (primary N) is 2. The summed E-state index contributed by atoms with van der Waals surface area (Å²) >= 11 is 0. The molecule has 0 unspecified atom stereocenters. The molecule has 0 spiro atoms. The van der Waals surface area contributed by atoms with Crippen LogP contribution in [0.5, 0.6) is 0 Å². The summed E-state index contributed by atoms with van der Waals surface area (Å²) in [5.41, 5.74) is 11.0. The first-order chi connectivity index (χ1) is 10.5. The second-order valence-electron chi connectivity index (χ2n) is 6.58. The summed E-state index contributed by atoms with van der Waals surface area (Å²) in [5, 5.41) is 17.3. The van der Waals surface area contributed by atoms with Crippen LogP contribution in [0.15, 0.2) is 0 Å². The van der Waals surface area contributed by atoms with Crippen molar-refractivity contribution in [1.82, 2.24) is 0 Å². The van der Waals surface area contributed by atoms with Gasteiger partial charge in [-0.3, -0.25) is 9.59 Å². The Labute approximate surface area is 132 Å². The van der Waals surface area contributed by atoms with Crippen LogP contribution in [0, 0.1) is 23.7 Å². The largest absolute Gasteiger partial charge is 0.481 e. The summed E-state index contributed by atoms with van der Waals surface area (Å²) < 4.78 is 0. The van der Waals surface area contributed by atoms with E-state index in [1.807, 2.05) is 0 Å². The molecule has 128 valence electrons. The van der Waals surface area contributed by atoms with Gasteiger partial charge in [-0.1, -0.05) is 0 Å². The molecule has 0 aliphatic heterocycles. The molecule has 6 heteroatoms. The number of aliphatic carboxylic acids is 2. The smallest absolute Gasteiger partial charge is 0.306 e. The van der Waals surface area contributed by atoms with Gasteiger partial charge in [0.15, 0.2) is 0 Å². The van der Waals surface area contributed by atoms with Gasteiger partial charge in [-0.25, -0.2) is 0 Å². The van der Waals surface area contributed by atoms with E-state index in [0.717, 1.165) is 51.4 Å². The van der Waals surface area contributed by atoms with Gasteiger partial charge < -0.3 is 21.7 Å². The van der Waals surface area contributed by atoms with Crippen LogP contribution in [-0.4, -0.2) is 35.2 Å². The van der Waals surface area contributed by atoms with Gasteiger partial charge in [-0.15, -0.1) is 0 Å². The highest BCUT2D eigenvalue weighted by molar-refractivity contribution is 5.70. The maximum absolute atomic E-state index is 10.5. The number of carboxylic acid groups (broad SMARTS) is 2. The molecule has 2 fully saturated rings. The molecule has 0 aromatic heterocycles. The third-order valence-electron chi connectivity index (χ3n) is 5.06. The standard InChI is InChI=1S/2C8H15NO2/c2*9-5-6-1-3-7(4-2-6)8(10)11/h2*6-7H,1-5,9H2,(H,10,11)/t2*6-,7-. The van der Waals surface area contributed by atoms with Crippen molar-refractivity contribution in [2.75, 3.05) is 13.1 Å². The third-order valence-corrected chi connectivity index (χ3v) is 5.06. The molecule has 2 rings (SSSR count). The van der Waals surface area contributed by atoms with Gasteiger partial charge in [0.25, 0.3) is 0 Å². The zero-order valence-electron chi connectivity index (χ0n) is 13.2. The Morgan fingerprint density at radius 1 is 0.682 bits per heavy atom. The Hall–Kier alpha value is -1.14. The van der Waals surface area contributed by atoms with Gasteiger partial charge in [0, 0.05) is 0 Å². The lowest BCUT2D eigenvalue weighted by Gasteiger charge is -2.24. The molecular formula is C16H30N2O4. The molecule has 2 saturated carbocycles. The molecule has 22 heavy (non-hydrogen) atoms. The molecular weight excluding hydrogens is 284 g/mol. The Kier molecular flexibility index (Phi) is 8.42. The first-order valence-electron chi connectivity index (χ1n) is 8.33. The van der Waals surface area contributed by atoms with Gasteiger partial charge in [-0.2, -0.15) is 0 Å². The Bertz CT molecular complexity index is 312. The van der Waals surface area contributed by atoms with E-state index in [-0.39, 0.29) is 11.8 Å². The summed E-state index contributed by atoms with van der Waals surface area (Å²) in [4.78, 5) is 21.0. The third kappa shape index (κ3) is 6.32. The van der Waals surface area contributed by atoms with Crippen molar-refractivity contribution in [3.8, 4) is 0 Å². The maximum atomic E-state index is 10.5. The summed E-state index contributed by atoms with van der Waals surface area (Å²) in [6, 6.07) is 0. The van der Waals surface area contributed by atoms with Crippen molar-refractivity contribution in [3.63, 3.8) is 0 Å². The van der Waals surface area contributed by atoms with Crippen molar-refractivity contribution >= 4 is 11.9 Å². The van der Waals surface area contributed by atoms with E-state index in [9.17, 15) is 9.59 Å². The van der Waals surface area contributed by atoms with Crippen LogP contribution in [0.2, 0.25) is 0 Å². The van der Waals surface area contributed by atoms with Crippen molar-refractivity contribution in [2.45, 2.75) is 51.4 Å². The number of rotatable bonds is 4. The van der Waals surface area contributed by atoms with Crippen LogP contribution in [0.25, 0.3) is 0 Å². The predicted octanol–water partition coefficient (Wildman–Crippen LogP) is 1.67. The van der Waals surface area contributed by atoms with E-state index in [1.165, 1.54) is 0 Å². The second-order valence-corrected chi connectivity index (χ2v) is 6.58. The normalized spacial score (nSPS) is 31.7. The lowest BCUT2D eigenvalue weighted by Crippen LogP contribution is -2.25. The van der Waals surface area contributed by atoms with E-state index < -0.39 is 11.9 Å². The highest BCUT2D eigenvalue weighted by Crippen LogP contribution is 2.28. The Morgan fingerprint density at radius 2 is 0.955 bits per heavy atom. The zero-order chi connectivity index (χ0) is 16.5. The Balaban J connectivity index is 0.000000220. The molecule has 0 atom stereocenters. The molecule has 0 aromatic rings. The fourth-order valence-corrected chi connectivity index (χ4v) is 3.29. The van der Waals surface area contributed by atoms with Crippen LogP contribution in [-0.2, 0) is 9.59 Å². The van der Waals surface area contributed by atoms with E-state index in [1.54, 1.807) is 0 Å². The zero-order valence-corrected chi connectivity index (χ0v) is 13.2. The summed E-state index contributed by atoms with van der Waals surface area (Å²) in [5.74, 6) is -0.326. The molecule has 0 amide bonds. The minimum atomic E-state index is -0.638. The van der Waals surface area contributed by atoms with Crippen LogP contribution >= 0.6 is 0 Å². The fourth-order valence-electron chi connectivity index (χ4n) is 3.29. The van der Waals surface area contributed by atoms with Gasteiger partial charge in [0.2, 0.25) is 0 Å². The van der Waals surface area contributed by atoms with Crippen molar-refractivity contribution in [2.24, 2.45) is 35.1 Å². The minimum absolute atomic E-state index is 0.0993. The average molecular weight is 314 g/mol. The summed E-state index contributed by atoms with van der Waals surface area (Å²) in [7, 11) is 0. The summed E-state index contributed by atoms with van der Waals surface area (Å²) in [6.45, 7) is 1.43. The average Bonchev–Trinajstić information content (AvgIpc) is 2.55. The molecule has 0 heterocycles. The van der Waals surface area contributed by atoms with Gasteiger partial charge in [0.05, 0.1) is 11.8 Å². The molecule has 0 aromatic carbocycles. The quantitative estimate of drug-likeness (QED) is 0.625. The first-order valence-corrected chi connectivity index (χ1v) is 8.33. The molecule has 2 aliphatic rings. The van der Waals surface area contributed by atoms with E-state index in [0.29, 0.717) is 24.9 Å². The van der Waals surface area contributed by atoms with Crippen molar-refractivity contribution in [3.05, 3.63) is 0 Å². The van der Waals surface area contributed by atoms with Crippen LogP contribution in [0.1, 0.15) is 51.4 Å². The number of carbonyl (C=O) groups is 2. The van der Waals surface area contributed by atoms with Gasteiger partial charge in [-0.05, 0) is 76.3 Å². The Morgan fingerprint density at radius 3 is 1.14 bits per heavy atom. The molecule has 0 bridgehead atoms. The lowest BCUT2D eigenvalue weighted by molar-refractivity contribution is -0.144. The van der Waals surface area contributed by atoms with Crippen molar-refractivity contribution in [1.29, 1.82) is 0 Å². The molecule has 2 aliphatic carbocycles. The number of carboxylic acids is 2. The highest BCUT2D eigenvalue weighted by Gasteiger charge is 2.25. The molecule has 0 saturated heterocycles. The molecule has 6 nitrogen and oxygen atoms in total. The van der Waals surface area contributed by atoms with Crippen LogP contribution in [0.3, 0.4) is 0 Å². The minimum Gasteiger partial charge on any atom is -0.481 e. The lowest BCUT2D eigenvalue weighted by atomic mass is 9.82. The van der Waals surface area contributed by atoms with Crippen LogP contribution < -0.4 is 11.5 Å². The molecule has 0 radical (unpaired) electrons.